The average Bonchev–Trinajstić information content (AvgIpc) is 3.16. The van der Waals surface area contributed by atoms with E-state index >= 15 is 0 Å². The lowest BCUT2D eigenvalue weighted by atomic mass is 10.2. The normalized spacial score (nSPS) is 20.7. The summed E-state index contributed by atoms with van der Waals surface area (Å²) in [4.78, 5) is 23.5. The number of amides is 2. The maximum Gasteiger partial charge on any atom is 0.228 e. The van der Waals surface area contributed by atoms with Gasteiger partial charge in [0.15, 0.2) is 0 Å². The molecule has 0 bridgehead atoms. The van der Waals surface area contributed by atoms with Gasteiger partial charge in [-0.1, -0.05) is 13.0 Å². The van der Waals surface area contributed by atoms with Crippen LogP contribution in [-0.4, -0.2) is 18.4 Å². The minimum Gasteiger partial charge on any atom is -0.356 e. The van der Waals surface area contributed by atoms with E-state index in [-0.39, 0.29) is 23.7 Å². The van der Waals surface area contributed by atoms with E-state index in [9.17, 15) is 14.0 Å². The lowest BCUT2D eigenvalue weighted by Crippen LogP contribution is -2.27. The van der Waals surface area contributed by atoms with E-state index in [4.69, 9.17) is 0 Å². The van der Waals surface area contributed by atoms with Crippen molar-refractivity contribution >= 4 is 17.5 Å². The Kier molecular flexibility index (Phi) is 4.14. The van der Waals surface area contributed by atoms with Crippen molar-refractivity contribution in [2.45, 2.75) is 19.8 Å². The molecule has 0 saturated heterocycles. The van der Waals surface area contributed by atoms with Crippen molar-refractivity contribution in [1.82, 2.24) is 5.32 Å². The van der Waals surface area contributed by atoms with E-state index in [0.29, 0.717) is 18.7 Å². The van der Waals surface area contributed by atoms with Crippen LogP contribution in [0.4, 0.5) is 10.1 Å². The molecule has 1 aliphatic rings. The van der Waals surface area contributed by atoms with Gasteiger partial charge >= 0.3 is 0 Å². The second kappa shape index (κ2) is 5.82. The Morgan fingerprint density at radius 3 is 2.74 bits per heavy atom. The molecule has 4 nitrogen and oxygen atoms in total. The Morgan fingerprint density at radius 1 is 1.32 bits per heavy atom. The van der Waals surface area contributed by atoms with Crippen molar-refractivity contribution in [3.63, 3.8) is 0 Å². The van der Waals surface area contributed by atoms with Crippen molar-refractivity contribution in [2.24, 2.45) is 11.8 Å². The van der Waals surface area contributed by atoms with Crippen molar-refractivity contribution in [3.8, 4) is 0 Å². The molecule has 2 unspecified atom stereocenters. The van der Waals surface area contributed by atoms with E-state index in [0.717, 1.165) is 6.42 Å². The molecule has 0 radical (unpaired) electrons. The van der Waals surface area contributed by atoms with Crippen LogP contribution in [0.1, 0.15) is 19.8 Å². The zero-order chi connectivity index (χ0) is 13.8. The predicted octanol–water partition coefficient (Wildman–Crippen LogP) is 1.93. The minimum atomic E-state index is -0.397. The van der Waals surface area contributed by atoms with Gasteiger partial charge in [-0.3, -0.25) is 9.59 Å². The standard InChI is InChI=1S/C14H17FN2O2/c1-2-6-16-13(18)11-8-12(11)14(19)17-10-5-3-4-9(15)7-10/h3-5,7,11-12H,2,6,8H2,1H3,(H,16,18)(H,17,19). The monoisotopic (exact) mass is 264 g/mol. The molecule has 0 aromatic heterocycles. The van der Waals surface area contributed by atoms with E-state index in [2.05, 4.69) is 10.6 Å². The fraction of sp³-hybridized carbons (Fsp3) is 0.429. The number of carbonyl (C=O) groups excluding carboxylic acids is 2. The largest absolute Gasteiger partial charge is 0.356 e. The van der Waals surface area contributed by atoms with Crippen LogP contribution in [-0.2, 0) is 9.59 Å². The first kappa shape index (κ1) is 13.5. The van der Waals surface area contributed by atoms with Crippen molar-refractivity contribution in [2.75, 3.05) is 11.9 Å². The molecule has 5 heteroatoms. The summed E-state index contributed by atoms with van der Waals surface area (Å²) in [6.07, 6.45) is 1.44. The van der Waals surface area contributed by atoms with Crippen molar-refractivity contribution in [3.05, 3.63) is 30.1 Å². The number of hydrogen-bond donors (Lipinski definition) is 2. The van der Waals surface area contributed by atoms with Crippen LogP contribution in [0, 0.1) is 17.7 Å². The van der Waals surface area contributed by atoms with Gasteiger partial charge in [-0.2, -0.15) is 0 Å². The molecule has 2 N–H and O–H groups in total. The first-order valence-electron chi connectivity index (χ1n) is 6.46. The van der Waals surface area contributed by atoms with Gasteiger partial charge < -0.3 is 10.6 Å². The van der Waals surface area contributed by atoms with Crippen LogP contribution in [0.2, 0.25) is 0 Å². The number of nitrogens with one attached hydrogen (secondary N) is 2. The van der Waals surface area contributed by atoms with Crippen LogP contribution in [0.5, 0.6) is 0 Å². The molecular weight excluding hydrogens is 247 g/mol. The molecule has 2 amide bonds. The van der Waals surface area contributed by atoms with Gasteiger partial charge in [-0.15, -0.1) is 0 Å². The fourth-order valence-corrected chi connectivity index (χ4v) is 1.96. The van der Waals surface area contributed by atoms with Gasteiger partial charge in [0.2, 0.25) is 11.8 Å². The van der Waals surface area contributed by atoms with Crippen LogP contribution in [0.15, 0.2) is 24.3 Å². The summed E-state index contributed by atoms with van der Waals surface area (Å²) in [6.45, 7) is 2.61. The molecule has 1 aromatic carbocycles. The van der Waals surface area contributed by atoms with Crippen molar-refractivity contribution < 1.29 is 14.0 Å². The molecule has 1 aromatic rings. The molecule has 0 heterocycles. The number of halogens is 1. The summed E-state index contributed by atoms with van der Waals surface area (Å²) >= 11 is 0. The Bertz CT molecular complexity index is 490. The number of anilines is 1. The highest BCUT2D eigenvalue weighted by Crippen LogP contribution is 2.39. The second-order valence-corrected chi connectivity index (χ2v) is 4.74. The van der Waals surface area contributed by atoms with E-state index in [1.807, 2.05) is 6.92 Å². The van der Waals surface area contributed by atoms with Crippen LogP contribution in [0.25, 0.3) is 0 Å². The van der Waals surface area contributed by atoms with Crippen LogP contribution < -0.4 is 10.6 Å². The number of carbonyl (C=O) groups is 2. The highest BCUT2D eigenvalue weighted by molar-refractivity contribution is 5.99. The average molecular weight is 264 g/mol. The number of rotatable bonds is 5. The molecule has 2 rings (SSSR count). The molecule has 1 aliphatic carbocycles. The molecule has 1 fully saturated rings. The van der Waals surface area contributed by atoms with Gasteiger partial charge in [-0.05, 0) is 31.0 Å². The molecule has 102 valence electrons. The summed E-state index contributed by atoms with van der Waals surface area (Å²) in [6, 6.07) is 5.72. The zero-order valence-corrected chi connectivity index (χ0v) is 10.8. The maximum atomic E-state index is 13.0. The van der Waals surface area contributed by atoms with Gasteiger partial charge in [0, 0.05) is 12.2 Å². The molecule has 0 spiro atoms. The SMILES string of the molecule is CCCNC(=O)C1CC1C(=O)Nc1cccc(F)c1. The van der Waals surface area contributed by atoms with Gasteiger partial charge in [0.05, 0.1) is 11.8 Å². The molecule has 0 aliphatic heterocycles. The molecular formula is C14H17FN2O2. The van der Waals surface area contributed by atoms with E-state index in [1.165, 1.54) is 18.2 Å². The third-order valence-electron chi connectivity index (χ3n) is 3.11. The second-order valence-electron chi connectivity index (χ2n) is 4.74. The zero-order valence-electron chi connectivity index (χ0n) is 10.8. The summed E-state index contributed by atoms with van der Waals surface area (Å²) in [5, 5.41) is 5.40. The third-order valence-corrected chi connectivity index (χ3v) is 3.11. The molecule has 19 heavy (non-hydrogen) atoms. The molecule has 2 atom stereocenters. The fourth-order valence-electron chi connectivity index (χ4n) is 1.96. The van der Waals surface area contributed by atoms with E-state index in [1.54, 1.807) is 6.07 Å². The highest BCUT2D eigenvalue weighted by atomic mass is 19.1. The van der Waals surface area contributed by atoms with Crippen LogP contribution in [0.3, 0.4) is 0 Å². The van der Waals surface area contributed by atoms with Gasteiger partial charge in [0.1, 0.15) is 5.82 Å². The summed E-state index contributed by atoms with van der Waals surface area (Å²) < 4.78 is 13.0. The number of hydrogen-bond acceptors (Lipinski definition) is 2. The van der Waals surface area contributed by atoms with Gasteiger partial charge in [0.25, 0.3) is 0 Å². The first-order valence-corrected chi connectivity index (χ1v) is 6.46. The lowest BCUT2D eigenvalue weighted by Gasteiger charge is -2.05. The summed E-state index contributed by atoms with van der Waals surface area (Å²) in [7, 11) is 0. The smallest absolute Gasteiger partial charge is 0.228 e. The van der Waals surface area contributed by atoms with E-state index < -0.39 is 5.82 Å². The van der Waals surface area contributed by atoms with Crippen LogP contribution >= 0.6 is 0 Å². The molecule has 1 saturated carbocycles. The highest BCUT2D eigenvalue weighted by Gasteiger charge is 2.47. The maximum absolute atomic E-state index is 13.0. The Morgan fingerprint density at radius 2 is 2.05 bits per heavy atom. The van der Waals surface area contributed by atoms with Crippen molar-refractivity contribution in [1.29, 1.82) is 0 Å². The Hall–Kier alpha value is -1.91. The first-order chi connectivity index (χ1) is 9.11. The Balaban J connectivity index is 1.84. The quantitative estimate of drug-likeness (QED) is 0.853. The lowest BCUT2D eigenvalue weighted by molar-refractivity contribution is -0.125. The third kappa shape index (κ3) is 3.53. The summed E-state index contributed by atoms with van der Waals surface area (Å²) in [5.41, 5.74) is 0.421. The topological polar surface area (TPSA) is 58.2 Å². The Labute approximate surface area is 111 Å². The minimum absolute atomic E-state index is 0.0683. The number of benzene rings is 1. The van der Waals surface area contributed by atoms with Gasteiger partial charge in [-0.25, -0.2) is 4.39 Å². The summed E-state index contributed by atoms with van der Waals surface area (Å²) in [5.74, 6) is -1.21. The predicted molar refractivity (Wildman–Crippen MR) is 69.9 cm³/mol.